The number of nitrogens with one attached hydrogen (secondary N) is 1. The molecule has 0 bridgehead atoms. The van der Waals surface area contributed by atoms with Crippen molar-refractivity contribution in [2.45, 2.75) is 18.6 Å². The van der Waals surface area contributed by atoms with Crippen LogP contribution < -0.4 is 5.32 Å². The predicted octanol–water partition coefficient (Wildman–Crippen LogP) is 0.616. The van der Waals surface area contributed by atoms with Gasteiger partial charge < -0.3 is 20.3 Å². The van der Waals surface area contributed by atoms with E-state index in [0.717, 1.165) is 6.07 Å². The quantitative estimate of drug-likeness (QED) is 0.661. The monoisotopic (exact) mass is 271 g/mol. The molecular weight excluding hydrogens is 253 g/mol. The van der Waals surface area contributed by atoms with E-state index in [1.54, 1.807) is 7.05 Å². The second-order valence-corrected chi connectivity index (χ2v) is 4.13. The van der Waals surface area contributed by atoms with E-state index in [9.17, 15) is 19.4 Å². The van der Waals surface area contributed by atoms with Gasteiger partial charge >= 0.3 is 5.97 Å². The summed E-state index contributed by atoms with van der Waals surface area (Å²) >= 11 is 0. The maximum atomic E-state index is 13.8. The Morgan fingerprint density at radius 3 is 2.68 bits per heavy atom. The molecule has 0 aliphatic rings. The molecule has 0 aromatic heterocycles. The van der Waals surface area contributed by atoms with Gasteiger partial charge in [0, 0.05) is 5.56 Å². The topological polar surface area (TPSA) is 78.8 Å². The van der Waals surface area contributed by atoms with Crippen LogP contribution in [0.25, 0.3) is 0 Å². The lowest BCUT2D eigenvalue weighted by Gasteiger charge is -2.18. The number of aliphatic hydroxyl groups is 2. The van der Waals surface area contributed by atoms with Crippen molar-refractivity contribution in [1.29, 1.82) is 0 Å². The van der Waals surface area contributed by atoms with Crippen LogP contribution in [-0.4, -0.2) is 43.0 Å². The van der Waals surface area contributed by atoms with Crippen LogP contribution in [0.4, 0.5) is 4.39 Å². The van der Waals surface area contributed by atoms with Gasteiger partial charge in [-0.15, -0.1) is 0 Å². The van der Waals surface area contributed by atoms with Crippen molar-refractivity contribution in [3.05, 3.63) is 35.1 Å². The molecule has 0 amide bonds. The highest BCUT2D eigenvalue weighted by Gasteiger charge is 2.22. The van der Waals surface area contributed by atoms with E-state index >= 15 is 0 Å². The zero-order chi connectivity index (χ0) is 14.4. The summed E-state index contributed by atoms with van der Waals surface area (Å²) in [4.78, 5) is 11.2. The van der Waals surface area contributed by atoms with Gasteiger partial charge in [-0.1, -0.05) is 6.07 Å². The van der Waals surface area contributed by atoms with Gasteiger partial charge in [-0.2, -0.15) is 0 Å². The number of methoxy groups -OCH3 is 1. The number of benzene rings is 1. The molecule has 0 radical (unpaired) electrons. The molecule has 0 saturated carbocycles. The maximum Gasteiger partial charge on any atom is 0.337 e. The Morgan fingerprint density at radius 2 is 2.16 bits per heavy atom. The third kappa shape index (κ3) is 3.99. The number of ether oxygens (including phenoxy) is 1. The normalized spacial score (nSPS) is 13.9. The maximum absolute atomic E-state index is 13.8. The summed E-state index contributed by atoms with van der Waals surface area (Å²) in [6.45, 7) is 0.500. The molecular formula is C13H18FNO4. The van der Waals surface area contributed by atoms with Crippen molar-refractivity contribution in [2.75, 3.05) is 20.7 Å². The number of hydrogen-bond donors (Lipinski definition) is 3. The Morgan fingerprint density at radius 1 is 1.47 bits per heavy atom. The van der Waals surface area contributed by atoms with Gasteiger partial charge in [-0.25, -0.2) is 9.18 Å². The molecule has 2 unspecified atom stereocenters. The zero-order valence-electron chi connectivity index (χ0n) is 10.9. The van der Waals surface area contributed by atoms with Crippen molar-refractivity contribution < 1.29 is 24.1 Å². The summed E-state index contributed by atoms with van der Waals surface area (Å²) in [5.41, 5.74) is 0.0110. The van der Waals surface area contributed by atoms with Crippen LogP contribution in [0.15, 0.2) is 18.2 Å². The van der Waals surface area contributed by atoms with Gasteiger partial charge in [0.25, 0.3) is 0 Å². The molecule has 0 fully saturated rings. The predicted molar refractivity (Wildman–Crippen MR) is 67.2 cm³/mol. The SMILES string of the molecule is CNCCC(O)C(O)c1ccc(C(=O)OC)cc1F. The summed E-state index contributed by atoms with van der Waals surface area (Å²) in [6.07, 6.45) is -2.12. The minimum Gasteiger partial charge on any atom is -0.465 e. The van der Waals surface area contributed by atoms with Gasteiger partial charge in [0.1, 0.15) is 11.9 Å². The molecule has 0 aliphatic heterocycles. The van der Waals surface area contributed by atoms with Gasteiger partial charge in [-0.3, -0.25) is 0 Å². The molecule has 1 rings (SSSR count). The Bertz CT molecular complexity index is 439. The number of esters is 1. The van der Waals surface area contributed by atoms with Crippen LogP contribution in [0.1, 0.15) is 28.4 Å². The first-order valence-electron chi connectivity index (χ1n) is 5.89. The molecule has 0 heterocycles. The average Bonchev–Trinajstić information content (AvgIpc) is 2.42. The first kappa shape index (κ1) is 15.6. The third-order valence-electron chi connectivity index (χ3n) is 2.79. The van der Waals surface area contributed by atoms with E-state index in [4.69, 9.17) is 0 Å². The second kappa shape index (κ2) is 7.18. The van der Waals surface area contributed by atoms with E-state index in [-0.39, 0.29) is 17.5 Å². The van der Waals surface area contributed by atoms with Crippen LogP contribution in [0, 0.1) is 5.82 Å². The molecule has 6 heteroatoms. The first-order valence-corrected chi connectivity index (χ1v) is 5.89. The van der Waals surface area contributed by atoms with Crippen molar-refractivity contribution >= 4 is 5.97 Å². The van der Waals surface area contributed by atoms with Crippen molar-refractivity contribution in [2.24, 2.45) is 0 Å². The van der Waals surface area contributed by atoms with Crippen molar-refractivity contribution in [1.82, 2.24) is 5.32 Å². The van der Waals surface area contributed by atoms with Gasteiger partial charge in [0.15, 0.2) is 0 Å². The minimum atomic E-state index is -1.33. The smallest absolute Gasteiger partial charge is 0.337 e. The molecule has 19 heavy (non-hydrogen) atoms. The molecule has 0 saturated heterocycles. The summed E-state index contributed by atoms with van der Waals surface area (Å²) in [5.74, 6) is -1.41. The standard InChI is InChI=1S/C13H18FNO4/c1-15-6-5-11(16)12(17)9-4-3-8(7-10(9)14)13(18)19-2/h3-4,7,11-12,15-17H,5-6H2,1-2H3. The lowest BCUT2D eigenvalue weighted by molar-refractivity contribution is 0.0120. The van der Waals surface area contributed by atoms with Gasteiger partial charge in [0.05, 0.1) is 18.8 Å². The van der Waals surface area contributed by atoms with Gasteiger partial charge in [-0.05, 0) is 32.1 Å². The van der Waals surface area contributed by atoms with E-state index < -0.39 is 24.0 Å². The second-order valence-electron chi connectivity index (χ2n) is 4.13. The van der Waals surface area contributed by atoms with Crippen LogP contribution in [0.5, 0.6) is 0 Å². The fraction of sp³-hybridized carbons (Fsp3) is 0.462. The Balaban J connectivity index is 2.86. The molecule has 0 spiro atoms. The first-order chi connectivity index (χ1) is 9.01. The van der Waals surface area contributed by atoms with E-state index in [2.05, 4.69) is 10.1 Å². The zero-order valence-corrected chi connectivity index (χ0v) is 10.9. The highest BCUT2D eigenvalue weighted by Crippen LogP contribution is 2.23. The van der Waals surface area contributed by atoms with E-state index in [1.165, 1.54) is 19.2 Å². The number of carbonyl (C=O) groups is 1. The molecule has 5 nitrogen and oxygen atoms in total. The number of rotatable bonds is 6. The third-order valence-corrected chi connectivity index (χ3v) is 2.79. The van der Waals surface area contributed by atoms with Crippen molar-refractivity contribution in [3.63, 3.8) is 0 Å². The van der Waals surface area contributed by atoms with Crippen LogP contribution >= 0.6 is 0 Å². The van der Waals surface area contributed by atoms with E-state index in [1.807, 2.05) is 0 Å². The lowest BCUT2D eigenvalue weighted by atomic mass is 10.00. The highest BCUT2D eigenvalue weighted by molar-refractivity contribution is 5.89. The molecule has 0 aliphatic carbocycles. The van der Waals surface area contributed by atoms with Crippen LogP contribution in [0.3, 0.4) is 0 Å². The molecule has 106 valence electrons. The lowest BCUT2D eigenvalue weighted by Crippen LogP contribution is -2.24. The fourth-order valence-electron chi connectivity index (χ4n) is 1.67. The van der Waals surface area contributed by atoms with Crippen LogP contribution in [0.2, 0.25) is 0 Å². The number of aliphatic hydroxyl groups excluding tert-OH is 2. The highest BCUT2D eigenvalue weighted by atomic mass is 19.1. The summed E-state index contributed by atoms with van der Waals surface area (Å²) in [7, 11) is 2.91. The fourth-order valence-corrected chi connectivity index (χ4v) is 1.67. The molecule has 1 aromatic rings. The van der Waals surface area contributed by atoms with E-state index in [0.29, 0.717) is 6.54 Å². The van der Waals surface area contributed by atoms with Crippen LogP contribution in [-0.2, 0) is 4.74 Å². The number of halogens is 1. The average molecular weight is 271 g/mol. The van der Waals surface area contributed by atoms with Gasteiger partial charge in [0.2, 0.25) is 0 Å². The molecule has 1 aromatic carbocycles. The molecule has 3 N–H and O–H groups in total. The summed E-state index contributed by atoms with van der Waals surface area (Å²) in [6, 6.07) is 3.60. The number of hydrogen-bond acceptors (Lipinski definition) is 5. The Kier molecular flexibility index (Phi) is 5.88. The Hall–Kier alpha value is -1.50. The molecule has 2 atom stereocenters. The summed E-state index contributed by atoms with van der Waals surface area (Å²) in [5, 5.41) is 22.4. The van der Waals surface area contributed by atoms with Crippen molar-refractivity contribution in [3.8, 4) is 0 Å². The Labute approximate surface area is 111 Å². The summed E-state index contributed by atoms with van der Waals surface area (Å²) < 4.78 is 18.3. The largest absolute Gasteiger partial charge is 0.465 e. The number of carbonyl (C=O) groups excluding carboxylic acids is 1. The minimum absolute atomic E-state index is 0.0451.